The van der Waals surface area contributed by atoms with Gasteiger partial charge in [0.1, 0.15) is 11.9 Å². The molecule has 5 heteroatoms. The molecule has 0 radical (unpaired) electrons. The second kappa shape index (κ2) is 5.60. The largest absolute Gasteiger partial charge is 0.353 e. The first-order valence-corrected chi connectivity index (χ1v) is 6.98. The van der Waals surface area contributed by atoms with Crippen molar-refractivity contribution >= 4 is 12.3 Å². The quantitative estimate of drug-likeness (QED) is 0.837. The lowest BCUT2D eigenvalue weighted by Gasteiger charge is -2.34. The summed E-state index contributed by atoms with van der Waals surface area (Å²) in [6, 6.07) is 14.7. The van der Waals surface area contributed by atoms with Gasteiger partial charge in [-0.1, -0.05) is 48.5 Å². The van der Waals surface area contributed by atoms with Gasteiger partial charge in [-0.25, -0.2) is 4.39 Å². The molecule has 0 aliphatic carbocycles. The Labute approximate surface area is 127 Å². The van der Waals surface area contributed by atoms with Gasteiger partial charge in [0.2, 0.25) is 12.3 Å². The first-order chi connectivity index (χ1) is 10.7. The zero-order valence-corrected chi connectivity index (χ0v) is 11.8. The van der Waals surface area contributed by atoms with Crippen LogP contribution in [0.25, 0.3) is 0 Å². The van der Waals surface area contributed by atoms with E-state index in [2.05, 4.69) is 10.6 Å². The van der Waals surface area contributed by atoms with Crippen LogP contribution in [-0.4, -0.2) is 24.9 Å². The van der Waals surface area contributed by atoms with E-state index in [1.54, 1.807) is 18.2 Å². The van der Waals surface area contributed by atoms with E-state index in [4.69, 9.17) is 0 Å². The van der Waals surface area contributed by atoms with Gasteiger partial charge >= 0.3 is 0 Å². The zero-order valence-electron chi connectivity index (χ0n) is 11.8. The topological polar surface area (TPSA) is 58.2 Å². The lowest BCUT2D eigenvalue weighted by Crippen LogP contribution is -2.50. The van der Waals surface area contributed by atoms with Gasteiger partial charge in [-0.05, 0) is 11.6 Å². The van der Waals surface area contributed by atoms with Crippen LogP contribution in [0, 0.1) is 5.82 Å². The normalized spacial score (nSPS) is 23.9. The summed E-state index contributed by atoms with van der Waals surface area (Å²) in [6.07, 6.45) is 0.480. The fraction of sp³-hybridized carbons (Fsp3) is 0.176. The molecular formula is C17H15FN2O2. The number of rotatable bonds is 4. The molecule has 22 heavy (non-hydrogen) atoms. The van der Waals surface area contributed by atoms with E-state index in [1.165, 1.54) is 6.07 Å². The van der Waals surface area contributed by atoms with Gasteiger partial charge in [-0.15, -0.1) is 0 Å². The summed E-state index contributed by atoms with van der Waals surface area (Å²) in [5.41, 5.74) is 0.196. The van der Waals surface area contributed by atoms with Crippen molar-refractivity contribution in [3.8, 4) is 0 Å². The maximum atomic E-state index is 14.5. The molecule has 2 amide bonds. The van der Waals surface area contributed by atoms with Gasteiger partial charge in [0.15, 0.2) is 0 Å². The summed E-state index contributed by atoms with van der Waals surface area (Å²) < 4.78 is 14.5. The third-order valence-electron chi connectivity index (χ3n) is 4.17. The van der Waals surface area contributed by atoms with Crippen LogP contribution < -0.4 is 10.6 Å². The number of benzene rings is 2. The van der Waals surface area contributed by atoms with E-state index in [9.17, 15) is 14.0 Å². The van der Waals surface area contributed by atoms with E-state index in [0.717, 1.165) is 5.56 Å². The predicted molar refractivity (Wildman–Crippen MR) is 79.6 cm³/mol. The smallest absolute Gasteiger partial charge is 0.243 e. The Bertz CT molecular complexity index is 705. The molecule has 3 rings (SSSR count). The molecule has 2 N–H and O–H groups in total. The number of hydrogen-bond donors (Lipinski definition) is 2. The minimum Gasteiger partial charge on any atom is -0.353 e. The highest BCUT2D eigenvalue weighted by Crippen LogP contribution is 2.39. The summed E-state index contributed by atoms with van der Waals surface area (Å²) in [5, 5.41) is 5.29. The molecule has 112 valence electrons. The minimum atomic E-state index is -0.968. The molecular weight excluding hydrogens is 283 g/mol. The van der Waals surface area contributed by atoms with Crippen molar-refractivity contribution in [2.45, 2.75) is 11.5 Å². The fourth-order valence-electron chi connectivity index (χ4n) is 3.17. The van der Waals surface area contributed by atoms with Crippen LogP contribution in [-0.2, 0) is 15.0 Å². The van der Waals surface area contributed by atoms with Crippen LogP contribution in [0.3, 0.4) is 0 Å². The first-order valence-electron chi connectivity index (χ1n) is 6.98. The van der Waals surface area contributed by atoms with Crippen molar-refractivity contribution in [1.29, 1.82) is 0 Å². The lowest BCUT2D eigenvalue weighted by molar-refractivity contribution is -0.123. The SMILES string of the molecule is O=CNC1C(=O)NCC1(c1ccccc1)c1ccccc1F. The monoisotopic (exact) mass is 298 g/mol. The van der Waals surface area contributed by atoms with Gasteiger partial charge < -0.3 is 10.6 Å². The summed E-state index contributed by atoms with van der Waals surface area (Å²) in [4.78, 5) is 23.1. The predicted octanol–water partition coefficient (Wildman–Crippen LogP) is 1.36. The number of amides is 2. The summed E-state index contributed by atoms with van der Waals surface area (Å²) in [6.45, 7) is 0.224. The molecule has 0 aromatic heterocycles. The maximum Gasteiger partial charge on any atom is 0.243 e. The summed E-state index contributed by atoms with van der Waals surface area (Å²) >= 11 is 0. The standard InChI is InChI=1S/C17H15FN2O2/c18-14-9-5-4-8-13(14)17(12-6-2-1-3-7-12)10-19-16(22)15(17)20-11-21/h1-9,11,15H,10H2,(H,19,22)(H,20,21). The van der Waals surface area contributed by atoms with Gasteiger partial charge in [0.05, 0.1) is 5.41 Å². The van der Waals surface area contributed by atoms with Crippen molar-refractivity contribution in [3.63, 3.8) is 0 Å². The Hall–Kier alpha value is -2.69. The first kappa shape index (κ1) is 14.3. The van der Waals surface area contributed by atoms with Crippen molar-refractivity contribution < 1.29 is 14.0 Å². The second-order valence-corrected chi connectivity index (χ2v) is 5.25. The minimum absolute atomic E-state index is 0.224. The second-order valence-electron chi connectivity index (χ2n) is 5.25. The van der Waals surface area contributed by atoms with Crippen LogP contribution in [0.1, 0.15) is 11.1 Å². The molecule has 0 spiro atoms. The molecule has 1 aliphatic rings. The van der Waals surface area contributed by atoms with E-state index in [0.29, 0.717) is 12.0 Å². The Morgan fingerprint density at radius 1 is 1.14 bits per heavy atom. The van der Waals surface area contributed by atoms with E-state index >= 15 is 0 Å². The van der Waals surface area contributed by atoms with Gasteiger partial charge in [-0.2, -0.15) is 0 Å². The Balaban J connectivity index is 2.26. The molecule has 2 unspecified atom stereocenters. The highest BCUT2D eigenvalue weighted by Gasteiger charge is 2.52. The molecule has 2 atom stereocenters. The van der Waals surface area contributed by atoms with Crippen LogP contribution in [0.2, 0.25) is 0 Å². The highest BCUT2D eigenvalue weighted by molar-refractivity contribution is 5.90. The fourth-order valence-corrected chi connectivity index (χ4v) is 3.17. The summed E-state index contributed by atoms with van der Waals surface area (Å²) in [5.74, 6) is -0.722. The van der Waals surface area contributed by atoms with Gasteiger partial charge in [0.25, 0.3) is 0 Å². The molecule has 2 aromatic rings. The van der Waals surface area contributed by atoms with Gasteiger partial charge in [-0.3, -0.25) is 9.59 Å². The zero-order chi connectivity index (χ0) is 15.6. The molecule has 0 bridgehead atoms. The number of carbonyl (C=O) groups excluding carboxylic acids is 2. The average Bonchev–Trinajstić information content (AvgIpc) is 2.87. The van der Waals surface area contributed by atoms with Crippen LogP contribution in [0.15, 0.2) is 54.6 Å². The lowest BCUT2D eigenvalue weighted by atomic mass is 9.70. The molecule has 1 saturated heterocycles. The molecule has 1 heterocycles. The number of carbonyl (C=O) groups is 2. The van der Waals surface area contributed by atoms with Crippen molar-refractivity contribution in [1.82, 2.24) is 10.6 Å². The molecule has 1 aliphatic heterocycles. The van der Waals surface area contributed by atoms with Crippen molar-refractivity contribution in [3.05, 3.63) is 71.5 Å². The Kier molecular flexibility index (Phi) is 3.63. The molecule has 1 fully saturated rings. The van der Waals surface area contributed by atoms with Crippen LogP contribution in [0.5, 0.6) is 0 Å². The van der Waals surface area contributed by atoms with Crippen molar-refractivity contribution in [2.75, 3.05) is 6.54 Å². The van der Waals surface area contributed by atoms with E-state index in [1.807, 2.05) is 30.3 Å². The summed E-state index contributed by atoms with van der Waals surface area (Å²) in [7, 11) is 0. The van der Waals surface area contributed by atoms with Gasteiger partial charge in [0, 0.05) is 12.1 Å². The maximum absolute atomic E-state index is 14.5. The van der Waals surface area contributed by atoms with Crippen LogP contribution in [0.4, 0.5) is 4.39 Å². The Morgan fingerprint density at radius 3 is 2.50 bits per heavy atom. The highest BCUT2D eigenvalue weighted by atomic mass is 19.1. The third-order valence-corrected chi connectivity index (χ3v) is 4.17. The molecule has 0 saturated carbocycles. The van der Waals surface area contributed by atoms with E-state index < -0.39 is 17.3 Å². The number of nitrogens with one attached hydrogen (secondary N) is 2. The average molecular weight is 298 g/mol. The van der Waals surface area contributed by atoms with E-state index in [-0.39, 0.29) is 12.5 Å². The Morgan fingerprint density at radius 2 is 1.82 bits per heavy atom. The molecule has 2 aromatic carbocycles. The number of halogens is 1. The molecule has 4 nitrogen and oxygen atoms in total. The van der Waals surface area contributed by atoms with Crippen molar-refractivity contribution in [2.24, 2.45) is 0 Å². The van der Waals surface area contributed by atoms with Crippen LogP contribution >= 0.6 is 0 Å². The third kappa shape index (κ3) is 2.06. The number of hydrogen-bond acceptors (Lipinski definition) is 2.